The van der Waals surface area contributed by atoms with E-state index in [2.05, 4.69) is 0 Å². The van der Waals surface area contributed by atoms with E-state index in [1.165, 1.54) is 24.3 Å². The van der Waals surface area contributed by atoms with Gasteiger partial charge in [-0.3, -0.25) is 0 Å². The number of rotatable bonds is 8. The van der Waals surface area contributed by atoms with Crippen LogP contribution in [0.2, 0.25) is 0 Å². The predicted molar refractivity (Wildman–Crippen MR) is 147 cm³/mol. The highest BCUT2D eigenvalue weighted by molar-refractivity contribution is 7.95. The van der Waals surface area contributed by atoms with Gasteiger partial charge in [0.15, 0.2) is 0 Å². The van der Waals surface area contributed by atoms with Crippen LogP contribution < -0.4 is 4.74 Å². The normalized spacial score (nSPS) is 11.6. The molecule has 0 aliphatic carbocycles. The molecular weight excluding hydrogens is 513 g/mol. The second-order valence-corrected chi connectivity index (χ2v) is 10.5. The summed E-state index contributed by atoms with van der Waals surface area (Å²) in [6.07, 6.45) is 3.01. The highest BCUT2D eigenvalue weighted by Crippen LogP contribution is 2.30. The summed E-state index contributed by atoms with van der Waals surface area (Å²) in [5.41, 5.74) is 2.70. The maximum absolute atomic E-state index is 14.1. The van der Waals surface area contributed by atoms with E-state index in [1.54, 1.807) is 65.5 Å². The van der Waals surface area contributed by atoms with Crippen molar-refractivity contribution in [3.63, 3.8) is 0 Å². The highest BCUT2D eigenvalue weighted by atomic mass is 32.2. The van der Waals surface area contributed by atoms with Gasteiger partial charge in [-0.05, 0) is 48.5 Å². The van der Waals surface area contributed by atoms with Gasteiger partial charge in [0.05, 0.1) is 10.6 Å². The van der Waals surface area contributed by atoms with Gasteiger partial charge in [0.25, 0.3) is 0 Å². The van der Waals surface area contributed by atoms with Gasteiger partial charge in [-0.25, -0.2) is 17.5 Å². The lowest BCUT2D eigenvalue weighted by Crippen LogP contribution is -2.03. The first kappa shape index (κ1) is 25.6. The molecule has 6 nitrogen and oxygen atoms in total. The Morgan fingerprint density at radius 2 is 1.62 bits per heavy atom. The maximum atomic E-state index is 14.1. The topological polar surface area (TPSA) is 85.0 Å². The molecular formula is C31H22FN3O3S. The van der Waals surface area contributed by atoms with Gasteiger partial charge in [0.1, 0.15) is 34.8 Å². The largest absolute Gasteiger partial charge is 0.489 e. The second-order valence-electron chi connectivity index (χ2n) is 8.56. The predicted octanol–water partition coefficient (Wildman–Crippen LogP) is 6.60. The summed E-state index contributed by atoms with van der Waals surface area (Å²) >= 11 is 0. The van der Waals surface area contributed by atoms with Crippen molar-refractivity contribution in [2.24, 2.45) is 0 Å². The molecule has 0 amide bonds. The van der Waals surface area contributed by atoms with Crippen molar-refractivity contribution in [1.82, 2.24) is 9.78 Å². The first-order valence-electron chi connectivity index (χ1n) is 12.0. The van der Waals surface area contributed by atoms with E-state index in [-0.39, 0.29) is 17.3 Å². The fraction of sp³-hybridized carbons (Fsp3) is 0.0323. The van der Waals surface area contributed by atoms with Gasteiger partial charge >= 0.3 is 0 Å². The lowest BCUT2D eigenvalue weighted by molar-refractivity contribution is 0.300. The molecule has 0 saturated carbocycles. The number of aromatic nitrogens is 2. The Labute approximate surface area is 225 Å². The molecule has 0 bridgehead atoms. The SMILES string of the molecule is N#C/C(=C/c1cn(-c2ccccc2)nc1-c1cccc(OCc2ccccc2F)c1)S(=O)(=O)c1ccccc1. The molecule has 0 spiro atoms. The first-order chi connectivity index (χ1) is 19.0. The summed E-state index contributed by atoms with van der Waals surface area (Å²) < 4.78 is 48.0. The molecule has 0 aliphatic heterocycles. The molecule has 0 N–H and O–H groups in total. The Balaban J connectivity index is 1.57. The zero-order chi connectivity index (χ0) is 27.2. The van der Waals surface area contributed by atoms with Crippen molar-refractivity contribution in [1.29, 1.82) is 5.26 Å². The van der Waals surface area contributed by atoms with E-state index in [0.717, 1.165) is 5.69 Å². The van der Waals surface area contributed by atoms with Crippen LogP contribution in [0, 0.1) is 17.1 Å². The number of benzene rings is 4. The maximum Gasteiger partial charge on any atom is 0.216 e. The van der Waals surface area contributed by atoms with E-state index in [1.807, 2.05) is 42.5 Å². The molecule has 39 heavy (non-hydrogen) atoms. The van der Waals surface area contributed by atoms with Crippen LogP contribution in [0.4, 0.5) is 4.39 Å². The summed E-state index contributed by atoms with van der Waals surface area (Å²) in [7, 11) is -4.05. The summed E-state index contributed by atoms with van der Waals surface area (Å²) in [6, 6.07) is 32.5. The third kappa shape index (κ3) is 5.64. The number of hydrogen-bond donors (Lipinski definition) is 0. The Morgan fingerprint density at radius 1 is 0.923 bits per heavy atom. The molecule has 0 unspecified atom stereocenters. The van der Waals surface area contributed by atoms with Crippen LogP contribution in [0.25, 0.3) is 23.0 Å². The number of nitriles is 1. The molecule has 5 rings (SSSR count). The minimum absolute atomic E-state index is 0.0262. The Bertz CT molecular complexity index is 1790. The smallest absolute Gasteiger partial charge is 0.216 e. The van der Waals surface area contributed by atoms with E-state index >= 15 is 0 Å². The summed E-state index contributed by atoms with van der Waals surface area (Å²) in [5, 5.41) is 14.6. The average Bonchev–Trinajstić information content (AvgIpc) is 3.40. The van der Waals surface area contributed by atoms with Crippen LogP contribution in [0.15, 0.2) is 125 Å². The van der Waals surface area contributed by atoms with Gasteiger partial charge in [-0.2, -0.15) is 10.4 Å². The van der Waals surface area contributed by atoms with Gasteiger partial charge in [0.2, 0.25) is 9.84 Å². The molecule has 1 aromatic heterocycles. The zero-order valence-electron chi connectivity index (χ0n) is 20.6. The number of allylic oxidation sites excluding steroid dienone is 1. The third-order valence-corrected chi connectivity index (χ3v) is 7.64. The Morgan fingerprint density at radius 3 is 2.33 bits per heavy atom. The van der Waals surface area contributed by atoms with Crippen LogP contribution in [-0.2, 0) is 16.4 Å². The third-order valence-electron chi connectivity index (χ3n) is 5.96. The Kier molecular flexibility index (Phi) is 7.34. The van der Waals surface area contributed by atoms with E-state index in [4.69, 9.17) is 9.84 Å². The zero-order valence-corrected chi connectivity index (χ0v) is 21.4. The standard InChI is InChI=1S/C31H22FN3O3S/c32-30-17-8-7-10-24(30)22-38-27-14-9-11-23(18-27)31-25(21-35(34-31)26-12-3-1-4-13-26)19-29(20-33)39(36,37)28-15-5-2-6-16-28/h1-19,21H,22H2/b29-19-. The van der Waals surface area contributed by atoms with Gasteiger partial charge < -0.3 is 4.74 Å². The van der Waals surface area contributed by atoms with Crippen molar-refractivity contribution in [3.05, 3.63) is 137 Å². The first-order valence-corrected chi connectivity index (χ1v) is 13.5. The lowest BCUT2D eigenvalue weighted by Gasteiger charge is -2.09. The van der Waals surface area contributed by atoms with Crippen LogP contribution in [0.5, 0.6) is 5.75 Å². The second kappa shape index (κ2) is 11.2. The van der Waals surface area contributed by atoms with E-state index in [0.29, 0.717) is 28.1 Å². The summed E-state index contributed by atoms with van der Waals surface area (Å²) in [5.74, 6) is 0.128. The summed E-state index contributed by atoms with van der Waals surface area (Å²) in [4.78, 5) is -0.382. The fourth-order valence-electron chi connectivity index (χ4n) is 3.98. The van der Waals surface area contributed by atoms with Crippen molar-refractivity contribution in [2.45, 2.75) is 11.5 Å². The van der Waals surface area contributed by atoms with Crippen LogP contribution in [0.1, 0.15) is 11.1 Å². The molecule has 0 atom stereocenters. The minimum Gasteiger partial charge on any atom is -0.489 e. The minimum atomic E-state index is -4.05. The fourth-order valence-corrected chi connectivity index (χ4v) is 5.15. The van der Waals surface area contributed by atoms with Crippen LogP contribution in [-0.4, -0.2) is 18.2 Å². The van der Waals surface area contributed by atoms with Crippen molar-refractivity contribution < 1.29 is 17.5 Å². The number of nitrogens with zero attached hydrogens (tertiary/aromatic N) is 3. The van der Waals surface area contributed by atoms with Crippen LogP contribution >= 0.6 is 0 Å². The molecule has 5 aromatic rings. The number of sulfone groups is 1. The molecule has 0 saturated heterocycles. The highest BCUT2D eigenvalue weighted by Gasteiger charge is 2.22. The number of para-hydroxylation sites is 1. The number of hydrogen-bond acceptors (Lipinski definition) is 5. The molecule has 1 heterocycles. The molecule has 0 radical (unpaired) electrons. The van der Waals surface area contributed by atoms with Crippen molar-refractivity contribution in [3.8, 4) is 28.8 Å². The van der Waals surface area contributed by atoms with Gasteiger partial charge in [-0.1, -0.05) is 66.7 Å². The summed E-state index contributed by atoms with van der Waals surface area (Å²) in [6.45, 7) is 0.0369. The number of halogens is 1. The van der Waals surface area contributed by atoms with E-state index in [9.17, 15) is 18.1 Å². The average molecular weight is 536 g/mol. The quantitative estimate of drug-likeness (QED) is 0.209. The van der Waals surface area contributed by atoms with Gasteiger partial charge in [-0.15, -0.1) is 0 Å². The van der Waals surface area contributed by atoms with Crippen LogP contribution in [0.3, 0.4) is 0 Å². The molecule has 0 fully saturated rings. The van der Waals surface area contributed by atoms with Gasteiger partial charge in [0, 0.05) is 22.9 Å². The van der Waals surface area contributed by atoms with E-state index < -0.39 is 14.7 Å². The Hall–Kier alpha value is -5.00. The molecule has 192 valence electrons. The monoisotopic (exact) mass is 535 g/mol. The molecule has 4 aromatic carbocycles. The lowest BCUT2D eigenvalue weighted by atomic mass is 10.1. The van der Waals surface area contributed by atoms with Crippen molar-refractivity contribution >= 4 is 15.9 Å². The molecule has 0 aliphatic rings. The van der Waals surface area contributed by atoms with Crippen molar-refractivity contribution in [2.75, 3.05) is 0 Å². The number of ether oxygens (including phenoxy) is 1. The molecule has 8 heteroatoms.